The molecule has 0 fully saturated rings. The van der Waals surface area contributed by atoms with Crippen LogP contribution < -0.4 is 10.1 Å². The van der Waals surface area contributed by atoms with Gasteiger partial charge in [-0.15, -0.1) is 13.2 Å². The summed E-state index contributed by atoms with van der Waals surface area (Å²) < 4.78 is 40.2. The zero-order valence-corrected chi connectivity index (χ0v) is 9.64. The first-order valence-corrected chi connectivity index (χ1v) is 5.14. The van der Waals surface area contributed by atoms with Gasteiger partial charge < -0.3 is 15.2 Å². The Hall–Kier alpha value is -1.87. The monoisotopic (exact) mass is 259 g/mol. The molecule has 1 rings (SSSR count). The van der Waals surface area contributed by atoms with E-state index in [0.717, 1.165) is 18.2 Å². The molecule has 0 bridgehead atoms. The minimum absolute atomic E-state index is 0.00317. The minimum Gasteiger partial charge on any atom is -0.508 e. The van der Waals surface area contributed by atoms with Crippen molar-refractivity contribution in [2.24, 2.45) is 0 Å². The largest absolute Gasteiger partial charge is 0.573 e. The van der Waals surface area contributed by atoms with E-state index in [2.05, 4.69) is 21.9 Å². The number of halogens is 3. The molecule has 0 amide bonds. The van der Waals surface area contributed by atoms with Crippen LogP contribution in [0.25, 0.3) is 0 Å². The number of phenols is 1. The second-order valence-electron chi connectivity index (χ2n) is 3.38. The summed E-state index contributed by atoms with van der Waals surface area (Å²) in [7, 11) is 1.74. The van der Waals surface area contributed by atoms with Crippen molar-refractivity contribution in [2.75, 3.05) is 13.6 Å². The fourth-order valence-electron chi connectivity index (χ4n) is 1.17. The van der Waals surface area contributed by atoms with E-state index >= 15 is 0 Å². The first kappa shape index (κ1) is 14.2. The normalized spacial score (nSPS) is 10.7. The van der Waals surface area contributed by atoms with Gasteiger partial charge in [-0.2, -0.15) is 0 Å². The van der Waals surface area contributed by atoms with Gasteiger partial charge in [0.1, 0.15) is 11.5 Å². The van der Waals surface area contributed by atoms with Crippen molar-refractivity contribution in [3.8, 4) is 23.3 Å². The number of ether oxygens (including phenoxy) is 1. The molecule has 0 heterocycles. The maximum atomic E-state index is 12.1. The van der Waals surface area contributed by atoms with Gasteiger partial charge in [0, 0.05) is 13.0 Å². The number of alkyl halides is 3. The molecule has 0 saturated heterocycles. The van der Waals surface area contributed by atoms with Crippen LogP contribution in [0.5, 0.6) is 11.5 Å². The Balaban J connectivity index is 2.92. The Bertz CT molecular complexity index is 461. The fraction of sp³-hybridized carbons (Fsp3) is 0.333. The lowest BCUT2D eigenvalue weighted by Gasteiger charge is -2.10. The van der Waals surface area contributed by atoms with Crippen molar-refractivity contribution in [1.29, 1.82) is 0 Å². The first-order chi connectivity index (χ1) is 8.42. The highest BCUT2D eigenvalue weighted by Crippen LogP contribution is 2.28. The molecule has 0 aliphatic carbocycles. The Morgan fingerprint density at radius 1 is 1.39 bits per heavy atom. The lowest BCUT2D eigenvalue weighted by molar-refractivity contribution is -0.274. The summed E-state index contributed by atoms with van der Waals surface area (Å²) >= 11 is 0. The van der Waals surface area contributed by atoms with Crippen molar-refractivity contribution >= 4 is 0 Å². The van der Waals surface area contributed by atoms with Crippen molar-refractivity contribution in [3.05, 3.63) is 23.8 Å². The number of hydrogen-bond acceptors (Lipinski definition) is 3. The standard InChI is InChI=1S/C12H12F3NO2/c1-16-7-3-2-4-9-8-10(17)5-6-11(9)18-12(13,14)15/h5-6,8,16-17H,3,7H2,1H3. The van der Waals surface area contributed by atoms with Crippen LogP contribution in [0.1, 0.15) is 12.0 Å². The summed E-state index contributed by atoms with van der Waals surface area (Å²) in [5.41, 5.74) is 0.00317. The predicted molar refractivity (Wildman–Crippen MR) is 60.2 cm³/mol. The molecule has 0 saturated carbocycles. The third-order valence-electron chi connectivity index (χ3n) is 1.91. The molecule has 1 aromatic rings. The maximum absolute atomic E-state index is 12.1. The molecule has 98 valence electrons. The van der Waals surface area contributed by atoms with Gasteiger partial charge in [0.2, 0.25) is 0 Å². The fourth-order valence-corrected chi connectivity index (χ4v) is 1.17. The Morgan fingerprint density at radius 2 is 2.11 bits per heavy atom. The Morgan fingerprint density at radius 3 is 2.72 bits per heavy atom. The topological polar surface area (TPSA) is 41.5 Å². The predicted octanol–water partition coefficient (Wildman–Crippen LogP) is 2.25. The average Bonchev–Trinajstić information content (AvgIpc) is 2.26. The highest BCUT2D eigenvalue weighted by molar-refractivity contribution is 5.49. The van der Waals surface area contributed by atoms with Crippen molar-refractivity contribution < 1.29 is 23.0 Å². The van der Waals surface area contributed by atoms with E-state index in [1.807, 2.05) is 0 Å². The summed E-state index contributed by atoms with van der Waals surface area (Å²) in [6.45, 7) is 0.626. The maximum Gasteiger partial charge on any atom is 0.573 e. The van der Waals surface area contributed by atoms with Crippen LogP contribution in [0, 0.1) is 11.8 Å². The summed E-state index contributed by atoms with van der Waals surface area (Å²) in [6, 6.07) is 3.28. The molecular formula is C12H12F3NO2. The number of phenolic OH excluding ortho intramolecular Hbond substituents is 1. The van der Waals surface area contributed by atoms with Gasteiger partial charge in [-0.25, -0.2) is 0 Å². The van der Waals surface area contributed by atoms with Gasteiger partial charge >= 0.3 is 6.36 Å². The zero-order valence-electron chi connectivity index (χ0n) is 9.64. The summed E-state index contributed by atoms with van der Waals surface area (Å²) in [4.78, 5) is 0. The molecule has 0 atom stereocenters. The number of benzene rings is 1. The number of aromatic hydroxyl groups is 1. The summed E-state index contributed by atoms with van der Waals surface area (Å²) in [6.07, 6.45) is -4.30. The van der Waals surface area contributed by atoms with Crippen molar-refractivity contribution in [2.45, 2.75) is 12.8 Å². The molecule has 0 aliphatic rings. The molecule has 18 heavy (non-hydrogen) atoms. The second kappa shape index (κ2) is 6.17. The van der Waals surface area contributed by atoms with Crippen LogP contribution in [0.2, 0.25) is 0 Å². The van der Waals surface area contributed by atoms with Crippen LogP contribution in [-0.2, 0) is 0 Å². The summed E-state index contributed by atoms with van der Waals surface area (Å²) in [5.74, 6) is 4.64. The Labute approximate surface area is 103 Å². The molecule has 3 nitrogen and oxygen atoms in total. The van der Waals surface area contributed by atoms with E-state index in [4.69, 9.17) is 0 Å². The van der Waals surface area contributed by atoms with E-state index in [-0.39, 0.29) is 11.3 Å². The lowest BCUT2D eigenvalue weighted by atomic mass is 10.2. The molecule has 1 aromatic carbocycles. The Kier molecular flexibility index (Phi) is 4.86. The highest BCUT2D eigenvalue weighted by atomic mass is 19.4. The third-order valence-corrected chi connectivity index (χ3v) is 1.91. The number of nitrogens with one attached hydrogen (secondary N) is 1. The van der Waals surface area contributed by atoms with Crippen LogP contribution in [-0.4, -0.2) is 25.1 Å². The van der Waals surface area contributed by atoms with E-state index < -0.39 is 12.1 Å². The van der Waals surface area contributed by atoms with E-state index in [9.17, 15) is 18.3 Å². The minimum atomic E-state index is -4.78. The number of rotatable bonds is 3. The van der Waals surface area contributed by atoms with Gasteiger partial charge in [0.25, 0.3) is 0 Å². The van der Waals surface area contributed by atoms with Crippen LogP contribution >= 0.6 is 0 Å². The molecule has 0 spiro atoms. The van der Waals surface area contributed by atoms with Crippen LogP contribution in [0.15, 0.2) is 18.2 Å². The number of hydrogen-bond donors (Lipinski definition) is 2. The third kappa shape index (κ3) is 4.97. The van der Waals surface area contributed by atoms with Crippen LogP contribution in [0.3, 0.4) is 0 Å². The lowest BCUT2D eigenvalue weighted by Crippen LogP contribution is -2.17. The molecule has 6 heteroatoms. The van der Waals surface area contributed by atoms with Gasteiger partial charge in [0.15, 0.2) is 0 Å². The summed E-state index contributed by atoms with van der Waals surface area (Å²) in [5, 5.41) is 12.1. The highest BCUT2D eigenvalue weighted by Gasteiger charge is 2.32. The van der Waals surface area contributed by atoms with E-state index in [1.54, 1.807) is 7.05 Å². The molecular weight excluding hydrogens is 247 g/mol. The average molecular weight is 259 g/mol. The van der Waals surface area contributed by atoms with Crippen molar-refractivity contribution in [3.63, 3.8) is 0 Å². The van der Waals surface area contributed by atoms with E-state index in [0.29, 0.717) is 13.0 Å². The molecule has 2 N–H and O–H groups in total. The molecule has 0 aromatic heterocycles. The van der Waals surface area contributed by atoms with Gasteiger partial charge in [-0.05, 0) is 25.2 Å². The van der Waals surface area contributed by atoms with Gasteiger partial charge in [-0.3, -0.25) is 0 Å². The molecule has 0 unspecified atom stereocenters. The van der Waals surface area contributed by atoms with E-state index in [1.165, 1.54) is 0 Å². The zero-order chi connectivity index (χ0) is 13.6. The quantitative estimate of drug-likeness (QED) is 0.646. The molecule has 0 radical (unpaired) electrons. The van der Waals surface area contributed by atoms with Gasteiger partial charge in [-0.1, -0.05) is 11.8 Å². The SMILES string of the molecule is CNCCC#Cc1cc(O)ccc1OC(F)(F)F. The first-order valence-electron chi connectivity index (χ1n) is 5.14. The van der Waals surface area contributed by atoms with Crippen LogP contribution in [0.4, 0.5) is 13.2 Å². The second-order valence-corrected chi connectivity index (χ2v) is 3.38. The van der Waals surface area contributed by atoms with Crippen molar-refractivity contribution in [1.82, 2.24) is 5.32 Å². The molecule has 0 aliphatic heterocycles. The van der Waals surface area contributed by atoms with Gasteiger partial charge in [0.05, 0.1) is 5.56 Å². The smallest absolute Gasteiger partial charge is 0.508 e.